The summed E-state index contributed by atoms with van der Waals surface area (Å²) in [4.78, 5) is 62.6. The Balaban J connectivity index is 1.14. The number of urea groups is 1. The Morgan fingerprint density at radius 1 is 1.02 bits per heavy atom. The van der Waals surface area contributed by atoms with Crippen molar-refractivity contribution in [3.8, 4) is 11.8 Å². The van der Waals surface area contributed by atoms with E-state index in [0.29, 0.717) is 51.8 Å². The Kier molecular flexibility index (Phi) is 14.0. The van der Waals surface area contributed by atoms with Crippen molar-refractivity contribution in [1.82, 2.24) is 16.0 Å². The lowest BCUT2D eigenvalue weighted by molar-refractivity contribution is -0.635. The summed E-state index contributed by atoms with van der Waals surface area (Å²) in [5.74, 6) is -0.438. The summed E-state index contributed by atoms with van der Waals surface area (Å²) in [6, 6.07) is 9.90. The number of carbonyl (C=O) groups excluding carboxylic acids is 4. The van der Waals surface area contributed by atoms with Crippen LogP contribution in [0.2, 0.25) is 5.02 Å². The van der Waals surface area contributed by atoms with Crippen LogP contribution in [-0.2, 0) is 46.0 Å². The molecular weight excluding hydrogens is 784 g/mol. The first-order chi connectivity index (χ1) is 28.4. The molecule has 2 aromatic rings. The van der Waals surface area contributed by atoms with E-state index in [1.54, 1.807) is 51.3 Å². The standard InChI is InChI=1S/C42H53ClN6O10/c1-24(2)35(49-40(53)56-18-17-54-3)38(51)48-33(8-6-16-46-39(45)52)37(50)47-30-12-9-25(10-13-30)23-57-36-27(7-5-15-44)11-14-31(34(36)43)42(55-4)41(58-59-42)29-20-26-19-28(22-29)32(41)21-26/h5,7,9-14,24,26,28-29,32-33,35H,6,8,16-23H2,1-4H3,(H,47,50)(H,48,51)(H,49,53)(H3,45,46,52)/b7-5+. The molecule has 17 heteroatoms. The van der Waals surface area contributed by atoms with Crippen LogP contribution in [0.4, 0.5) is 15.3 Å². The van der Waals surface area contributed by atoms with E-state index in [-0.39, 0.29) is 44.6 Å². The minimum absolute atomic E-state index is 0.00138. The van der Waals surface area contributed by atoms with E-state index in [0.717, 1.165) is 24.8 Å². The average Bonchev–Trinajstić information content (AvgIpc) is 3.62. The number of carbonyl (C=O) groups is 4. The maximum atomic E-state index is 13.6. The highest BCUT2D eigenvalue weighted by Crippen LogP contribution is 2.73. The fourth-order valence-electron chi connectivity index (χ4n) is 9.42. The number of nitrogens with two attached hydrogens (primary N) is 1. The number of benzene rings is 2. The second-order valence-electron chi connectivity index (χ2n) is 15.9. The summed E-state index contributed by atoms with van der Waals surface area (Å²) in [6.07, 6.45) is 7.07. The number of nitriles is 1. The van der Waals surface area contributed by atoms with Gasteiger partial charge in [0, 0.05) is 49.6 Å². The van der Waals surface area contributed by atoms with Crippen LogP contribution < -0.4 is 31.7 Å². The van der Waals surface area contributed by atoms with Crippen LogP contribution in [0.5, 0.6) is 5.75 Å². The topological polar surface area (TPSA) is 222 Å². The minimum Gasteiger partial charge on any atom is -0.487 e. The molecule has 8 atom stereocenters. The van der Waals surface area contributed by atoms with Gasteiger partial charge >= 0.3 is 12.1 Å². The molecule has 2 aromatic carbocycles. The van der Waals surface area contributed by atoms with E-state index in [4.69, 9.17) is 46.1 Å². The lowest BCUT2D eigenvalue weighted by atomic mass is 9.65. The van der Waals surface area contributed by atoms with Crippen molar-refractivity contribution in [2.45, 2.75) is 82.5 Å². The molecular formula is C42H53ClN6O10. The van der Waals surface area contributed by atoms with E-state index in [2.05, 4.69) is 21.3 Å². The number of nitrogens with zero attached hydrogens (tertiary/aromatic N) is 1. The number of ether oxygens (including phenoxy) is 4. The Morgan fingerprint density at radius 3 is 2.44 bits per heavy atom. The van der Waals surface area contributed by atoms with Gasteiger partial charge in [0.15, 0.2) is 5.60 Å². The smallest absolute Gasteiger partial charge is 0.407 e. The highest BCUT2D eigenvalue weighted by molar-refractivity contribution is 6.33. The summed E-state index contributed by atoms with van der Waals surface area (Å²) in [5.41, 5.74) is 6.94. The number of hydrogen-bond acceptors (Lipinski definition) is 11. The van der Waals surface area contributed by atoms with Crippen molar-refractivity contribution in [2.75, 3.05) is 39.3 Å². The van der Waals surface area contributed by atoms with Crippen molar-refractivity contribution in [3.63, 3.8) is 0 Å². The van der Waals surface area contributed by atoms with Crippen molar-refractivity contribution in [2.24, 2.45) is 35.3 Å². The van der Waals surface area contributed by atoms with Crippen molar-refractivity contribution in [1.29, 1.82) is 5.26 Å². The largest absolute Gasteiger partial charge is 0.487 e. The second kappa shape index (κ2) is 19.0. The zero-order valence-corrected chi connectivity index (χ0v) is 34.5. The van der Waals surface area contributed by atoms with Crippen molar-refractivity contribution < 1.29 is 47.9 Å². The van der Waals surface area contributed by atoms with E-state index < -0.39 is 47.4 Å². The van der Waals surface area contributed by atoms with Crippen molar-refractivity contribution in [3.05, 3.63) is 64.2 Å². The quantitative estimate of drug-likeness (QED) is 0.0695. The molecule has 1 aliphatic heterocycles. The summed E-state index contributed by atoms with van der Waals surface area (Å²) in [6.45, 7) is 3.95. The molecule has 7 rings (SSSR count). The maximum absolute atomic E-state index is 13.6. The second-order valence-corrected chi connectivity index (χ2v) is 16.3. The molecule has 5 amide bonds. The van der Waals surface area contributed by atoms with Crippen molar-refractivity contribution >= 4 is 47.3 Å². The lowest BCUT2D eigenvalue weighted by Crippen LogP contribution is -2.71. The third kappa shape index (κ3) is 9.00. The minimum atomic E-state index is -1.21. The molecule has 318 valence electrons. The highest BCUT2D eigenvalue weighted by Gasteiger charge is 2.80. The first-order valence-corrected chi connectivity index (χ1v) is 20.3. The van der Waals surface area contributed by atoms with Gasteiger partial charge in [0.2, 0.25) is 11.8 Å². The summed E-state index contributed by atoms with van der Waals surface area (Å²) in [5, 5.41) is 20.2. The number of alkyl carbamates (subject to hydrolysis) is 1. The predicted octanol–water partition coefficient (Wildman–Crippen LogP) is 5.29. The fraction of sp³-hybridized carbons (Fsp3) is 0.548. The Hall–Kier alpha value is -4.92. The molecule has 6 N–H and O–H groups in total. The molecule has 5 fully saturated rings. The van der Waals surface area contributed by atoms with Crippen LogP contribution in [0.15, 0.2) is 42.5 Å². The third-order valence-electron chi connectivity index (χ3n) is 12.0. The number of anilines is 1. The zero-order valence-electron chi connectivity index (χ0n) is 33.7. The van der Waals surface area contributed by atoms with Crippen LogP contribution in [-0.4, -0.2) is 75.6 Å². The van der Waals surface area contributed by atoms with E-state index in [9.17, 15) is 24.4 Å². The molecule has 0 radical (unpaired) electrons. The molecule has 0 aromatic heterocycles. The van der Waals surface area contributed by atoms with E-state index in [1.807, 2.05) is 18.2 Å². The third-order valence-corrected chi connectivity index (χ3v) is 12.4. The zero-order chi connectivity index (χ0) is 42.3. The molecule has 4 saturated carbocycles. The molecule has 59 heavy (non-hydrogen) atoms. The Bertz CT molecular complexity index is 1930. The van der Waals surface area contributed by atoms with Gasteiger partial charge in [-0.1, -0.05) is 49.7 Å². The molecule has 5 aliphatic rings. The predicted molar refractivity (Wildman–Crippen MR) is 215 cm³/mol. The average molecular weight is 837 g/mol. The van der Waals surface area contributed by atoms with Gasteiger partial charge in [-0.05, 0) is 86.0 Å². The number of methoxy groups -OCH3 is 2. The summed E-state index contributed by atoms with van der Waals surface area (Å²) < 4.78 is 22.6. The first-order valence-electron chi connectivity index (χ1n) is 20.0. The van der Waals surface area contributed by atoms with E-state index in [1.165, 1.54) is 19.6 Å². The van der Waals surface area contributed by atoms with Crippen LogP contribution >= 0.6 is 11.6 Å². The number of primary amides is 1. The fourth-order valence-corrected chi connectivity index (χ4v) is 9.77. The summed E-state index contributed by atoms with van der Waals surface area (Å²) in [7, 11) is 3.09. The maximum Gasteiger partial charge on any atom is 0.407 e. The Labute approximate surface area is 348 Å². The van der Waals surface area contributed by atoms with Gasteiger partial charge in [0.25, 0.3) is 5.79 Å². The lowest BCUT2D eigenvalue weighted by Gasteiger charge is -2.60. The van der Waals surface area contributed by atoms with Gasteiger partial charge in [0.05, 0.1) is 17.7 Å². The molecule has 8 unspecified atom stereocenters. The van der Waals surface area contributed by atoms with Gasteiger partial charge in [-0.3, -0.25) is 9.59 Å². The number of rotatable bonds is 19. The summed E-state index contributed by atoms with van der Waals surface area (Å²) >= 11 is 7.20. The number of halogens is 1. The first kappa shape index (κ1) is 43.7. The number of hydrogen-bond donors (Lipinski definition) is 5. The highest BCUT2D eigenvalue weighted by atomic mass is 35.5. The molecule has 1 saturated heterocycles. The SMILES string of the molecule is COCCOC(=O)NC(C(=O)NC(CCCNC(N)=O)C(=O)Nc1ccc(COc2c(/C=C/C#N)ccc(C3(OC)OOC34C3CC5CC(C3)C4C5)c2Cl)cc1)C(C)C. The monoisotopic (exact) mass is 836 g/mol. The molecule has 4 bridgehead atoms. The van der Waals surface area contributed by atoms with Gasteiger partial charge in [0.1, 0.15) is 31.0 Å². The molecule has 1 heterocycles. The van der Waals surface area contributed by atoms with Gasteiger partial charge in [-0.15, -0.1) is 0 Å². The van der Waals surface area contributed by atoms with Crippen LogP contribution in [0.3, 0.4) is 0 Å². The van der Waals surface area contributed by atoms with Gasteiger partial charge in [-0.2, -0.15) is 10.1 Å². The molecule has 1 spiro atoms. The molecule has 4 aliphatic carbocycles. The van der Waals surface area contributed by atoms with E-state index >= 15 is 0 Å². The van der Waals surface area contributed by atoms with Crippen LogP contribution in [0.25, 0.3) is 6.08 Å². The van der Waals surface area contributed by atoms with Gasteiger partial charge < -0.3 is 45.9 Å². The number of nitrogens with one attached hydrogen (secondary N) is 4. The van der Waals surface area contributed by atoms with Crippen LogP contribution in [0.1, 0.15) is 69.1 Å². The number of allylic oxidation sites excluding steroid dienone is 1. The normalized spacial score (nSPS) is 25.9. The van der Waals surface area contributed by atoms with Crippen LogP contribution in [0, 0.1) is 40.9 Å². The molecule has 16 nitrogen and oxygen atoms in total. The number of amides is 5. The van der Waals surface area contributed by atoms with Gasteiger partial charge in [-0.25, -0.2) is 14.5 Å². The Morgan fingerprint density at radius 2 is 1.80 bits per heavy atom.